The van der Waals surface area contributed by atoms with Crippen molar-refractivity contribution in [1.82, 2.24) is 25.1 Å². The quantitative estimate of drug-likeness (QED) is 0.383. The van der Waals surface area contributed by atoms with Crippen LogP contribution < -0.4 is 10.1 Å². The number of nitrogens with zero attached hydrogens (tertiary/aromatic N) is 3. The van der Waals surface area contributed by atoms with Gasteiger partial charge in [-0.25, -0.2) is 12.9 Å². The molecular formula is C22H28ClN5O6S. The monoisotopic (exact) mass is 525 g/mol. The van der Waals surface area contributed by atoms with Crippen molar-refractivity contribution in [2.45, 2.75) is 50.5 Å². The average Bonchev–Trinajstić information content (AvgIpc) is 3.32. The van der Waals surface area contributed by atoms with Gasteiger partial charge < -0.3 is 14.8 Å². The molecule has 0 aliphatic carbocycles. The van der Waals surface area contributed by atoms with Crippen LogP contribution in [-0.4, -0.2) is 65.6 Å². The maximum atomic E-state index is 12.3. The van der Waals surface area contributed by atoms with Crippen molar-refractivity contribution in [3.63, 3.8) is 0 Å². The molecule has 1 unspecified atom stereocenters. The fourth-order valence-electron chi connectivity index (χ4n) is 3.21. The Labute approximate surface area is 208 Å². The number of aromatic nitrogens is 4. The first-order valence-electron chi connectivity index (χ1n) is 10.8. The van der Waals surface area contributed by atoms with E-state index in [4.69, 9.17) is 21.1 Å². The molecule has 0 aliphatic heterocycles. The summed E-state index contributed by atoms with van der Waals surface area (Å²) in [6.07, 6.45) is 0.234. The Hall–Kier alpha value is -3.12. The summed E-state index contributed by atoms with van der Waals surface area (Å²) >= 11 is 6.20. The molecule has 2 aromatic heterocycles. The van der Waals surface area contributed by atoms with Crippen LogP contribution in [0.1, 0.15) is 38.7 Å². The fourth-order valence-corrected chi connectivity index (χ4v) is 4.00. The predicted molar refractivity (Wildman–Crippen MR) is 128 cm³/mol. The van der Waals surface area contributed by atoms with E-state index in [0.717, 1.165) is 11.9 Å². The van der Waals surface area contributed by atoms with Gasteiger partial charge in [0.25, 0.3) is 5.91 Å². The predicted octanol–water partition coefficient (Wildman–Crippen LogP) is 2.22. The van der Waals surface area contributed by atoms with Gasteiger partial charge in [-0.2, -0.15) is 0 Å². The second kappa shape index (κ2) is 10.2. The topological polar surface area (TPSA) is 145 Å². The van der Waals surface area contributed by atoms with E-state index in [1.165, 1.54) is 24.3 Å². The second-order valence-electron chi connectivity index (χ2n) is 8.82. The summed E-state index contributed by atoms with van der Waals surface area (Å²) in [5.74, 6) is 0.0157. The van der Waals surface area contributed by atoms with Gasteiger partial charge in [-0.1, -0.05) is 11.6 Å². The van der Waals surface area contributed by atoms with Gasteiger partial charge in [-0.05, 0) is 52.0 Å². The number of aryl methyl sites for hydroxylation is 1. The zero-order chi connectivity index (χ0) is 26.0. The summed E-state index contributed by atoms with van der Waals surface area (Å²) < 4.78 is 35.6. The summed E-state index contributed by atoms with van der Waals surface area (Å²) in [6, 6.07) is 5.77. The number of fused-ring (bicyclic) bond motifs is 1. The molecule has 0 fully saturated rings. The number of amides is 1. The van der Waals surface area contributed by atoms with Crippen molar-refractivity contribution in [3.05, 3.63) is 40.8 Å². The molecule has 0 saturated heterocycles. The lowest BCUT2D eigenvalue weighted by molar-refractivity contribution is -0.145. The van der Waals surface area contributed by atoms with E-state index < -0.39 is 33.2 Å². The molecule has 3 aromatic rings. The summed E-state index contributed by atoms with van der Waals surface area (Å²) in [5, 5.41) is 14.4. The molecule has 0 aliphatic rings. The van der Waals surface area contributed by atoms with Crippen LogP contribution in [0.25, 0.3) is 5.65 Å². The van der Waals surface area contributed by atoms with Crippen molar-refractivity contribution < 1.29 is 27.5 Å². The molecule has 0 spiro atoms. The number of sulfone groups is 1. The number of carbonyl (C=O) groups is 2. The number of hydrogen-bond acceptors (Lipinski definition) is 8. The number of ether oxygens (including phenoxy) is 2. The number of rotatable bonds is 10. The van der Waals surface area contributed by atoms with Gasteiger partial charge in [-0.15, -0.1) is 10.2 Å². The van der Waals surface area contributed by atoms with Gasteiger partial charge in [0.15, 0.2) is 27.4 Å². The Morgan fingerprint density at radius 1 is 1.23 bits per heavy atom. The normalized spacial score (nSPS) is 13.0. The van der Waals surface area contributed by atoms with E-state index in [0.29, 0.717) is 22.2 Å². The third-order valence-corrected chi connectivity index (χ3v) is 6.81. The van der Waals surface area contributed by atoms with Crippen LogP contribution >= 0.6 is 11.6 Å². The van der Waals surface area contributed by atoms with Crippen LogP contribution in [0.3, 0.4) is 0 Å². The van der Waals surface area contributed by atoms with E-state index in [1.54, 1.807) is 11.4 Å². The Kier molecular flexibility index (Phi) is 7.75. The molecule has 1 amide bonds. The number of nitrogens with one attached hydrogen (secondary N) is 2. The van der Waals surface area contributed by atoms with Crippen molar-refractivity contribution in [1.29, 1.82) is 0 Å². The molecule has 35 heavy (non-hydrogen) atoms. The minimum absolute atomic E-state index is 0.0275. The zero-order valence-corrected chi connectivity index (χ0v) is 21.7. The number of carbonyl (C=O) groups excluding carboxylic acids is 2. The van der Waals surface area contributed by atoms with Gasteiger partial charge in [-0.3, -0.25) is 14.7 Å². The Morgan fingerprint density at radius 2 is 1.89 bits per heavy atom. The molecular weight excluding hydrogens is 498 g/mol. The molecule has 0 radical (unpaired) electrons. The fraction of sp³-hybridized carbons (Fsp3) is 0.455. The zero-order valence-electron chi connectivity index (χ0n) is 20.1. The molecule has 1 aromatic carbocycles. The summed E-state index contributed by atoms with van der Waals surface area (Å²) in [6.45, 7) is 7.23. The average molecular weight is 526 g/mol. The highest BCUT2D eigenvalue weighted by atomic mass is 35.5. The number of halogens is 1. The number of esters is 1. The highest BCUT2D eigenvalue weighted by Gasteiger charge is 2.30. The molecule has 2 heterocycles. The van der Waals surface area contributed by atoms with E-state index in [2.05, 4.69) is 20.6 Å². The van der Waals surface area contributed by atoms with Crippen LogP contribution in [0.4, 0.5) is 0 Å². The van der Waals surface area contributed by atoms with Crippen LogP contribution in [-0.2, 0) is 29.6 Å². The van der Waals surface area contributed by atoms with Gasteiger partial charge in [0.1, 0.15) is 17.4 Å². The maximum absolute atomic E-state index is 12.3. The van der Waals surface area contributed by atoms with Crippen molar-refractivity contribution in [3.8, 4) is 5.75 Å². The third-order valence-electron chi connectivity index (χ3n) is 5.23. The smallest absolute Gasteiger partial charge is 0.307 e. The standard InChI is InChI=1S/C22H28ClN5O6S/c1-13-18(23)19-25-26-21(28(19)27-13)22(3,4)12-33-17(29)10-11-24-20(30)14(2)34-15-6-8-16(9-7-15)35(5,31)32/h6-9,14,27H,10-12H2,1-5H3,(H,24,30). The van der Waals surface area contributed by atoms with Crippen LogP contribution in [0, 0.1) is 6.92 Å². The minimum Gasteiger partial charge on any atom is -0.481 e. The van der Waals surface area contributed by atoms with Gasteiger partial charge in [0.2, 0.25) is 0 Å². The Balaban J connectivity index is 1.44. The van der Waals surface area contributed by atoms with E-state index in [-0.39, 0.29) is 24.5 Å². The van der Waals surface area contributed by atoms with Gasteiger partial charge in [0, 0.05) is 12.8 Å². The first-order valence-corrected chi connectivity index (χ1v) is 13.1. The number of hydrogen-bond donors (Lipinski definition) is 2. The molecule has 11 nitrogen and oxygen atoms in total. The molecule has 0 bridgehead atoms. The minimum atomic E-state index is -3.32. The molecule has 2 N–H and O–H groups in total. The van der Waals surface area contributed by atoms with Crippen LogP contribution in [0.2, 0.25) is 5.02 Å². The first-order chi connectivity index (χ1) is 16.3. The molecule has 3 rings (SSSR count). The van der Waals surface area contributed by atoms with Gasteiger partial charge >= 0.3 is 5.97 Å². The molecule has 190 valence electrons. The van der Waals surface area contributed by atoms with E-state index >= 15 is 0 Å². The number of benzene rings is 1. The maximum Gasteiger partial charge on any atom is 0.307 e. The highest BCUT2D eigenvalue weighted by molar-refractivity contribution is 7.90. The van der Waals surface area contributed by atoms with Crippen molar-refractivity contribution in [2.24, 2.45) is 0 Å². The third kappa shape index (κ3) is 6.31. The largest absolute Gasteiger partial charge is 0.481 e. The molecule has 0 saturated carbocycles. The van der Waals surface area contributed by atoms with Crippen molar-refractivity contribution >= 4 is 39.0 Å². The molecule has 13 heteroatoms. The Bertz CT molecular complexity index is 1330. The SMILES string of the molecule is Cc1[nH]n2c(C(C)(C)COC(=O)CCNC(=O)C(C)Oc3ccc(S(C)(=O)=O)cc3)nnc2c1Cl. The Morgan fingerprint density at radius 3 is 2.51 bits per heavy atom. The summed E-state index contributed by atoms with van der Waals surface area (Å²) in [7, 11) is -3.32. The van der Waals surface area contributed by atoms with E-state index in [1.807, 2.05) is 20.8 Å². The van der Waals surface area contributed by atoms with Crippen LogP contribution in [0.15, 0.2) is 29.2 Å². The lowest BCUT2D eigenvalue weighted by atomic mass is 9.94. The summed E-state index contributed by atoms with van der Waals surface area (Å²) in [4.78, 5) is 24.6. The van der Waals surface area contributed by atoms with Gasteiger partial charge in [0.05, 0.1) is 22.4 Å². The first kappa shape index (κ1) is 26.5. The second-order valence-corrected chi connectivity index (χ2v) is 11.2. The number of aromatic amines is 1. The lowest BCUT2D eigenvalue weighted by Crippen LogP contribution is -2.37. The van der Waals surface area contributed by atoms with Crippen LogP contribution in [0.5, 0.6) is 5.75 Å². The lowest BCUT2D eigenvalue weighted by Gasteiger charge is -2.21. The summed E-state index contributed by atoms with van der Waals surface area (Å²) in [5.41, 5.74) is 0.614. The highest BCUT2D eigenvalue weighted by Crippen LogP contribution is 2.26. The molecule has 1 atom stereocenters. The van der Waals surface area contributed by atoms with E-state index in [9.17, 15) is 18.0 Å². The van der Waals surface area contributed by atoms with Crippen molar-refractivity contribution in [2.75, 3.05) is 19.4 Å². The number of H-pyrrole nitrogens is 1.